The van der Waals surface area contributed by atoms with Gasteiger partial charge < -0.3 is 14.0 Å². The summed E-state index contributed by atoms with van der Waals surface area (Å²) in [6, 6.07) is 14.2. The summed E-state index contributed by atoms with van der Waals surface area (Å²) in [4.78, 5) is 5.12. The zero-order chi connectivity index (χ0) is 24.5. The number of hydrogen-bond acceptors (Lipinski definition) is 5. The number of aromatic nitrogens is 2. The standard InChI is InChI=1S/C25H30FN3O4S/c1-25(2,3)28-34(30,31)21-11-7-17(8-12-21)23-22-13-14-33-20(15-26)16-29(22)24(27-23)18-5-9-19(32-4)10-6-18/h5-12,20,28H,13-16H2,1-4H3/t20-/m1/s1. The lowest BCUT2D eigenvalue weighted by Gasteiger charge is -2.20. The van der Waals surface area contributed by atoms with E-state index in [1.54, 1.807) is 52.1 Å². The number of nitrogens with zero attached hydrogens (tertiary/aromatic N) is 2. The molecular formula is C25H30FN3O4S. The van der Waals surface area contributed by atoms with Gasteiger partial charge in [0.1, 0.15) is 24.4 Å². The number of nitrogens with one attached hydrogen (secondary N) is 1. The molecule has 0 aliphatic carbocycles. The number of benzene rings is 2. The molecule has 0 unspecified atom stereocenters. The van der Waals surface area contributed by atoms with Crippen LogP contribution < -0.4 is 9.46 Å². The van der Waals surface area contributed by atoms with Crippen LogP contribution in [-0.2, 0) is 27.7 Å². The van der Waals surface area contributed by atoms with Crippen LogP contribution in [0.5, 0.6) is 5.75 Å². The fourth-order valence-electron chi connectivity index (χ4n) is 4.05. The molecule has 1 N–H and O–H groups in total. The van der Waals surface area contributed by atoms with Gasteiger partial charge in [-0.2, -0.15) is 0 Å². The van der Waals surface area contributed by atoms with Crippen LogP contribution in [0.25, 0.3) is 22.6 Å². The van der Waals surface area contributed by atoms with Crippen molar-refractivity contribution >= 4 is 10.0 Å². The van der Waals surface area contributed by atoms with E-state index in [1.807, 2.05) is 28.8 Å². The Morgan fingerprint density at radius 2 is 1.76 bits per heavy atom. The normalized spacial score (nSPS) is 16.7. The van der Waals surface area contributed by atoms with Crippen molar-refractivity contribution in [2.24, 2.45) is 0 Å². The predicted octanol–water partition coefficient (Wildman–Crippen LogP) is 4.21. The molecule has 0 radical (unpaired) electrons. The molecule has 0 fully saturated rings. The number of hydrogen-bond donors (Lipinski definition) is 1. The van der Waals surface area contributed by atoms with Gasteiger partial charge in [0.15, 0.2) is 0 Å². The number of alkyl halides is 1. The van der Waals surface area contributed by atoms with Gasteiger partial charge in [0, 0.05) is 28.8 Å². The highest BCUT2D eigenvalue weighted by atomic mass is 32.2. The monoisotopic (exact) mass is 487 g/mol. The molecule has 0 saturated heterocycles. The number of rotatable bonds is 6. The Morgan fingerprint density at radius 1 is 1.12 bits per heavy atom. The van der Waals surface area contributed by atoms with Crippen LogP contribution in [0.3, 0.4) is 0 Å². The lowest BCUT2D eigenvalue weighted by atomic mass is 10.1. The third-order valence-corrected chi connectivity index (χ3v) is 7.32. The summed E-state index contributed by atoms with van der Waals surface area (Å²) in [5.41, 5.74) is 2.75. The molecule has 0 amide bonds. The first-order valence-electron chi connectivity index (χ1n) is 11.2. The zero-order valence-electron chi connectivity index (χ0n) is 19.8. The molecule has 3 aromatic rings. The molecule has 1 aliphatic heterocycles. The maximum atomic E-state index is 13.6. The van der Waals surface area contributed by atoms with Crippen molar-refractivity contribution in [3.63, 3.8) is 0 Å². The largest absolute Gasteiger partial charge is 0.497 e. The van der Waals surface area contributed by atoms with E-state index in [-0.39, 0.29) is 4.90 Å². The topological polar surface area (TPSA) is 82.5 Å². The summed E-state index contributed by atoms with van der Waals surface area (Å²) in [5.74, 6) is 1.44. The van der Waals surface area contributed by atoms with Crippen molar-refractivity contribution in [3.05, 3.63) is 54.2 Å². The van der Waals surface area contributed by atoms with Gasteiger partial charge in [0.2, 0.25) is 10.0 Å². The number of fused-ring (bicyclic) bond motifs is 1. The van der Waals surface area contributed by atoms with E-state index < -0.39 is 28.3 Å². The van der Waals surface area contributed by atoms with Gasteiger partial charge in [-0.15, -0.1) is 0 Å². The van der Waals surface area contributed by atoms with Gasteiger partial charge in [-0.3, -0.25) is 0 Å². The summed E-state index contributed by atoms with van der Waals surface area (Å²) in [6.07, 6.45) is 0.0250. The quantitative estimate of drug-likeness (QED) is 0.563. The molecule has 2 heterocycles. The Hall–Kier alpha value is -2.75. The molecular weight excluding hydrogens is 457 g/mol. The molecule has 0 saturated carbocycles. The summed E-state index contributed by atoms with van der Waals surface area (Å²) >= 11 is 0. The molecule has 9 heteroatoms. The number of methoxy groups -OCH3 is 1. The molecule has 1 aromatic heterocycles. The zero-order valence-corrected chi connectivity index (χ0v) is 20.7. The molecule has 34 heavy (non-hydrogen) atoms. The Balaban J connectivity index is 1.77. The lowest BCUT2D eigenvalue weighted by Crippen LogP contribution is -2.40. The first-order chi connectivity index (χ1) is 16.1. The van der Waals surface area contributed by atoms with E-state index in [0.29, 0.717) is 25.4 Å². The maximum absolute atomic E-state index is 13.6. The Kier molecular flexibility index (Phi) is 6.80. The van der Waals surface area contributed by atoms with E-state index in [4.69, 9.17) is 14.5 Å². The van der Waals surface area contributed by atoms with Gasteiger partial charge in [-0.1, -0.05) is 12.1 Å². The third-order valence-electron chi connectivity index (χ3n) is 5.55. The number of ether oxygens (including phenoxy) is 2. The van der Waals surface area contributed by atoms with Gasteiger partial charge in [0.25, 0.3) is 0 Å². The maximum Gasteiger partial charge on any atom is 0.241 e. The average Bonchev–Trinajstić information content (AvgIpc) is 3.00. The summed E-state index contributed by atoms with van der Waals surface area (Å²) in [6.45, 7) is 5.55. The van der Waals surface area contributed by atoms with Gasteiger partial charge >= 0.3 is 0 Å². The van der Waals surface area contributed by atoms with Crippen LogP contribution in [0.15, 0.2) is 53.4 Å². The van der Waals surface area contributed by atoms with Crippen LogP contribution in [0.4, 0.5) is 4.39 Å². The second-order valence-electron chi connectivity index (χ2n) is 9.35. The highest BCUT2D eigenvalue weighted by molar-refractivity contribution is 7.89. The molecule has 182 valence electrons. The Bertz CT molecular complexity index is 1250. The van der Waals surface area contributed by atoms with Crippen LogP contribution in [0, 0.1) is 0 Å². The molecule has 0 spiro atoms. The second-order valence-corrected chi connectivity index (χ2v) is 11.0. The molecule has 4 rings (SSSR count). The van der Waals surface area contributed by atoms with Crippen molar-refractivity contribution in [2.45, 2.75) is 50.3 Å². The molecule has 0 bridgehead atoms. The second kappa shape index (κ2) is 9.48. The van der Waals surface area contributed by atoms with Gasteiger partial charge in [-0.25, -0.2) is 22.5 Å². The fourth-order valence-corrected chi connectivity index (χ4v) is 5.47. The van der Waals surface area contributed by atoms with E-state index in [2.05, 4.69) is 4.72 Å². The van der Waals surface area contributed by atoms with Crippen molar-refractivity contribution in [3.8, 4) is 28.4 Å². The van der Waals surface area contributed by atoms with E-state index in [0.717, 1.165) is 28.3 Å². The Labute approximate surface area is 200 Å². The predicted molar refractivity (Wildman–Crippen MR) is 129 cm³/mol. The fraction of sp³-hybridized carbons (Fsp3) is 0.400. The molecule has 1 aliphatic rings. The first-order valence-corrected chi connectivity index (χ1v) is 12.7. The number of sulfonamides is 1. The van der Waals surface area contributed by atoms with Crippen LogP contribution >= 0.6 is 0 Å². The first kappa shape index (κ1) is 24.4. The smallest absolute Gasteiger partial charge is 0.241 e. The van der Waals surface area contributed by atoms with Crippen LogP contribution in [0.1, 0.15) is 26.5 Å². The Morgan fingerprint density at radius 3 is 2.35 bits per heavy atom. The van der Waals surface area contributed by atoms with E-state index in [9.17, 15) is 12.8 Å². The molecule has 2 aromatic carbocycles. The SMILES string of the molecule is COc1ccc(-c2nc(-c3ccc(S(=O)(=O)NC(C)(C)C)cc3)c3n2C[C@@H](CF)OCC3)cc1. The highest BCUT2D eigenvalue weighted by Crippen LogP contribution is 2.33. The van der Waals surface area contributed by atoms with E-state index in [1.165, 1.54) is 0 Å². The molecule has 7 nitrogen and oxygen atoms in total. The van der Waals surface area contributed by atoms with Crippen LogP contribution in [0.2, 0.25) is 0 Å². The summed E-state index contributed by atoms with van der Waals surface area (Å²) in [5, 5.41) is 0. The van der Waals surface area contributed by atoms with E-state index >= 15 is 0 Å². The number of imidazole rings is 1. The summed E-state index contributed by atoms with van der Waals surface area (Å²) in [7, 11) is -2.03. The van der Waals surface area contributed by atoms with Gasteiger partial charge in [-0.05, 0) is 57.2 Å². The lowest BCUT2D eigenvalue weighted by molar-refractivity contribution is 0.0355. The van der Waals surface area contributed by atoms with Gasteiger partial charge in [0.05, 0.1) is 30.9 Å². The van der Waals surface area contributed by atoms with Crippen LogP contribution in [-0.4, -0.2) is 50.0 Å². The van der Waals surface area contributed by atoms with Crippen molar-refractivity contribution in [1.82, 2.24) is 14.3 Å². The van der Waals surface area contributed by atoms with Crippen molar-refractivity contribution < 1.29 is 22.3 Å². The number of halogens is 1. The van der Waals surface area contributed by atoms with Crippen molar-refractivity contribution in [2.75, 3.05) is 20.4 Å². The van der Waals surface area contributed by atoms with Crippen molar-refractivity contribution in [1.29, 1.82) is 0 Å². The average molecular weight is 488 g/mol. The third kappa shape index (κ3) is 5.16. The summed E-state index contributed by atoms with van der Waals surface area (Å²) < 4.78 is 54.6. The minimum Gasteiger partial charge on any atom is -0.497 e. The minimum atomic E-state index is -3.64. The highest BCUT2D eigenvalue weighted by Gasteiger charge is 2.26. The minimum absolute atomic E-state index is 0.188. The molecule has 1 atom stereocenters.